The molecular weight excluding hydrogens is 250 g/mol. The summed E-state index contributed by atoms with van der Waals surface area (Å²) in [5, 5.41) is 0. The first kappa shape index (κ1) is 14.8. The predicted molar refractivity (Wildman–Crippen MR) is 84.6 cm³/mol. The van der Waals surface area contributed by atoms with Gasteiger partial charge in [0.25, 0.3) is 0 Å². The smallest absolute Gasteiger partial charge is 0.121 e. The topological polar surface area (TPSA) is 61.2 Å². The number of anilines is 1. The van der Waals surface area contributed by atoms with Gasteiger partial charge in [0.2, 0.25) is 0 Å². The molecule has 1 aromatic heterocycles. The summed E-state index contributed by atoms with van der Waals surface area (Å²) in [6.45, 7) is 7.33. The van der Waals surface area contributed by atoms with Crippen molar-refractivity contribution in [2.45, 2.75) is 26.4 Å². The average molecular weight is 275 g/mol. The second-order valence-corrected chi connectivity index (χ2v) is 5.63. The number of imidazole rings is 1. The van der Waals surface area contributed by atoms with E-state index in [4.69, 9.17) is 5.73 Å². The van der Waals surface area contributed by atoms with E-state index in [1.54, 1.807) is 0 Å². The Morgan fingerprint density at radius 1 is 1.35 bits per heavy atom. The lowest BCUT2D eigenvalue weighted by Gasteiger charge is -2.29. The highest BCUT2D eigenvalue weighted by atomic mass is 15.2. The Labute approximate surface area is 120 Å². The molecule has 2 aromatic rings. The van der Waals surface area contributed by atoms with Crippen LogP contribution in [0.4, 0.5) is 5.69 Å². The molecule has 5 heteroatoms. The van der Waals surface area contributed by atoms with Crippen LogP contribution in [-0.4, -0.2) is 53.0 Å². The molecule has 5 nitrogen and oxygen atoms in total. The van der Waals surface area contributed by atoms with Crippen molar-refractivity contribution in [1.82, 2.24) is 19.8 Å². The molecule has 0 bridgehead atoms. The molecule has 0 aliphatic heterocycles. The Morgan fingerprint density at radius 3 is 2.75 bits per heavy atom. The van der Waals surface area contributed by atoms with Gasteiger partial charge in [-0.2, -0.15) is 0 Å². The maximum Gasteiger partial charge on any atom is 0.121 e. The molecule has 0 saturated carbocycles. The van der Waals surface area contributed by atoms with E-state index in [0.29, 0.717) is 6.04 Å². The van der Waals surface area contributed by atoms with Crippen LogP contribution in [0.25, 0.3) is 11.0 Å². The van der Waals surface area contributed by atoms with Gasteiger partial charge in [0.1, 0.15) is 5.82 Å². The van der Waals surface area contributed by atoms with Gasteiger partial charge >= 0.3 is 0 Å². The lowest BCUT2D eigenvalue weighted by atomic mass is 10.2. The van der Waals surface area contributed by atoms with Gasteiger partial charge in [-0.05, 0) is 45.8 Å². The molecule has 0 aliphatic rings. The lowest BCUT2D eigenvalue weighted by Crippen LogP contribution is -2.39. The van der Waals surface area contributed by atoms with E-state index in [-0.39, 0.29) is 0 Å². The van der Waals surface area contributed by atoms with Crippen LogP contribution in [0, 0.1) is 0 Å². The van der Waals surface area contributed by atoms with Gasteiger partial charge in [0, 0.05) is 18.3 Å². The largest absolute Gasteiger partial charge is 0.399 e. The van der Waals surface area contributed by atoms with E-state index in [9.17, 15) is 0 Å². The van der Waals surface area contributed by atoms with Gasteiger partial charge in [-0.25, -0.2) is 4.98 Å². The summed E-state index contributed by atoms with van der Waals surface area (Å²) in [4.78, 5) is 12.6. The molecular formula is C15H25N5. The molecule has 0 fully saturated rings. The first-order valence-corrected chi connectivity index (χ1v) is 7.12. The molecule has 2 rings (SSSR count). The zero-order valence-electron chi connectivity index (χ0n) is 12.8. The van der Waals surface area contributed by atoms with E-state index >= 15 is 0 Å². The summed E-state index contributed by atoms with van der Waals surface area (Å²) in [7, 11) is 4.21. The third kappa shape index (κ3) is 3.49. The average Bonchev–Trinajstić information content (AvgIpc) is 2.76. The molecule has 0 aliphatic carbocycles. The van der Waals surface area contributed by atoms with E-state index < -0.39 is 0 Å². The summed E-state index contributed by atoms with van der Waals surface area (Å²) in [5.41, 5.74) is 8.55. The minimum atomic E-state index is 0.494. The summed E-state index contributed by atoms with van der Waals surface area (Å²) in [6, 6.07) is 6.28. The van der Waals surface area contributed by atoms with Crippen LogP contribution in [0.2, 0.25) is 0 Å². The highest BCUT2D eigenvalue weighted by Crippen LogP contribution is 2.16. The van der Waals surface area contributed by atoms with Crippen LogP contribution in [0.5, 0.6) is 0 Å². The number of nitrogens with zero attached hydrogens (tertiary/aromatic N) is 3. The molecule has 0 spiro atoms. The fraction of sp³-hybridized carbons (Fsp3) is 0.533. The van der Waals surface area contributed by atoms with Gasteiger partial charge in [0.15, 0.2) is 0 Å². The van der Waals surface area contributed by atoms with Crippen molar-refractivity contribution in [3.63, 3.8) is 0 Å². The van der Waals surface area contributed by atoms with Gasteiger partial charge in [-0.15, -0.1) is 0 Å². The van der Waals surface area contributed by atoms with E-state index in [2.05, 4.69) is 47.7 Å². The monoisotopic (exact) mass is 275 g/mol. The van der Waals surface area contributed by atoms with E-state index in [1.165, 1.54) is 0 Å². The van der Waals surface area contributed by atoms with Crippen LogP contribution >= 0.6 is 0 Å². The van der Waals surface area contributed by atoms with Gasteiger partial charge in [-0.3, -0.25) is 4.90 Å². The Hall–Kier alpha value is -1.59. The highest BCUT2D eigenvalue weighted by molar-refractivity contribution is 5.78. The molecule has 3 N–H and O–H groups in total. The first-order chi connectivity index (χ1) is 9.49. The standard InChI is InChI=1S/C15H25N5/c1-5-20(11(2)9-19(3)4)10-15-17-13-7-6-12(16)8-14(13)18-15/h6-8,11H,5,9-10,16H2,1-4H3,(H,17,18). The van der Waals surface area contributed by atoms with Crippen molar-refractivity contribution >= 4 is 16.7 Å². The van der Waals surface area contributed by atoms with Crippen molar-refractivity contribution < 1.29 is 0 Å². The molecule has 1 unspecified atom stereocenters. The van der Waals surface area contributed by atoms with E-state index in [1.807, 2.05) is 18.2 Å². The molecule has 1 heterocycles. The van der Waals surface area contributed by atoms with Gasteiger partial charge < -0.3 is 15.6 Å². The first-order valence-electron chi connectivity index (χ1n) is 7.12. The van der Waals surface area contributed by atoms with Crippen LogP contribution in [-0.2, 0) is 6.54 Å². The second-order valence-electron chi connectivity index (χ2n) is 5.63. The summed E-state index contributed by atoms with van der Waals surface area (Å²) >= 11 is 0. The van der Waals surface area contributed by atoms with Crippen molar-refractivity contribution in [1.29, 1.82) is 0 Å². The Balaban J connectivity index is 2.12. The number of aromatic nitrogens is 2. The Bertz CT molecular complexity index is 560. The molecule has 1 atom stereocenters. The van der Waals surface area contributed by atoms with Crippen molar-refractivity contribution in [2.75, 3.05) is 32.9 Å². The maximum absolute atomic E-state index is 5.80. The van der Waals surface area contributed by atoms with E-state index in [0.717, 1.165) is 42.2 Å². The van der Waals surface area contributed by atoms with Crippen LogP contribution in [0.15, 0.2) is 18.2 Å². The zero-order chi connectivity index (χ0) is 14.7. The summed E-state index contributed by atoms with van der Waals surface area (Å²) in [6.07, 6.45) is 0. The number of hydrogen-bond donors (Lipinski definition) is 2. The summed E-state index contributed by atoms with van der Waals surface area (Å²) in [5.74, 6) is 0.998. The molecule has 110 valence electrons. The number of rotatable bonds is 6. The number of aromatic amines is 1. The van der Waals surface area contributed by atoms with Crippen molar-refractivity contribution in [3.8, 4) is 0 Å². The lowest BCUT2D eigenvalue weighted by molar-refractivity contribution is 0.171. The predicted octanol–water partition coefficient (Wildman–Crippen LogP) is 1.92. The fourth-order valence-electron chi connectivity index (χ4n) is 2.57. The molecule has 1 aromatic carbocycles. The zero-order valence-corrected chi connectivity index (χ0v) is 12.8. The molecule has 0 radical (unpaired) electrons. The van der Waals surface area contributed by atoms with Crippen molar-refractivity contribution in [3.05, 3.63) is 24.0 Å². The normalized spacial score (nSPS) is 13.5. The van der Waals surface area contributed by atoms with Crippen LogP contribution in [0.3, 0.4) is 0 Å². The number of benzene rings is 1. The molecule has 20 heavy (non-hydrogen) atoms. The molecule has 0 saturated heterocycles. The number of fused-ring (bicyclic) bond motifs is 1. The minimum Gasteiger partial charge on any atom is -0.399 e. The number of H-pyrrole nitrogens is 1. The summed E-state index contributed by atoms with van der Waals surface area (Å²) < 4.78 is 0. The quantitative estimate of drug-likeness (QED) is 0.791. The SMILES string of the molecule is CCN(Cc1nc2ccc(N)cc2[nH]1)C(C)CN(C)C. The number of hydrogen-bond acceptors (Lipinski definition) is 4. The number of nitrogens with one attached hydrogen (secondary N) is 1. The number of nitrogens with two attached hydrogens (primary N) is 1. The Morgan fingerprint density at radius 2 is 2.10 bits per heavy atom. The van der Waals surface area contributed by atoms with Gasteiger partial charge in [0.05, 0.1) is 17.6 Å². The van der Waals surface area contributed by atoms with Gasteiger partial charge in [-0.1, -0.05) is 6.92 Å². The number of likely N-dealkylation sites (N-methyl/N-ethyl adjacent to an activating group) is 2. The third-order valence-electron chi connectivity index (χ3n) is 3.57. The van der Waals surface area contributed by atoms with Crippen LogP contribution in [0.1, 0.15) is 19.7 Å². The highest BCUT2D eigenvalue weighted by Gasteiger charge is 2.15. The van der Waals surface area contributed by atoms with Crippen molar-refractivity contribution in [2.24, 2.45) is 0 Å². The third-order valence-corrected chi connectivity index (χ3v) is 3.57. The Kier molecular flexibility index (Phi) is 4.62. The maximum atomic E-state index is 5.80. The fourth-order valence-corrected chi connectivity index (χ4v) is 2.57. The second kappa shape index (κ2) is 6.24. The molecule has 0 amide bonds. The van der Waals surface area contributed by atoms with Crippen LogP contribution < -0.4 is 5.73 Å². The minimum absolute atomic E-state index is 0.494. The number of nitrogen functional groups attached to an aromatic ring is 1.